The van der Waals surface area contributed by atoms with Crippen molar-refractivity contribution in [2.75, 3.05) is 19.7 Å². The van der Waals surface area contributed by atoms with E-state index >= 15 is 0 Å². The van der Waals surface area contributed by atoms with Gasteiger partial charge in [-0.3, -0.25) is 4.79 Å². The minimum atomic E-state index is -3.60. The van der Waals surface area contributed by atoms with E-state index in [1.165, 1.54) is 28.6 Å². The number of rotatable bonds is 6. The van der Waals surface area contributed by atoms with Crippen molar-refractivity contribution in [3.63, 3.8) is 0 Å². The van der Waals surface area contributed by atoms with Crippen LogP contribution in [0.3, 0.4) is 0 Å². The first-order chi connectivity index (χ1) is 12.5. The first kappa shape index (κ1) is 18.8. The summed E-state index contributed by atoms with van der Waals surface area (Å²) in [4.78, 5) is 24.1. The van der Waals surface area contributed by atoms with Crippen LogP contribution in [0.1, 0.15) is 48.9 Å². The number of esters is 1. The zero-order valence-corrected chi connectivity index (χ0v) is 15.5. The molecule has 1 aromatic carbocycles. The van der Waals surface area contributed by atoms with Crippen LogP contribution in [0.25, 0.3) is 0 Å². The van der Waals surface area contributed by atoms with Crippen LogP contribution in [0.4, 0.5) is 0 Å². The van der Waals surface area contributed by atoms with Crippen LogP contribution in [0.2, 0.25) is 0 Å². The van der Waals surface area contributed by atoms with Crippen LogP contribution < -0.4 is 5.32 Å². The van der Waals surface area contributed by atoms with Crippen molar-refractivity contribution in [3.8, 4) is 0 Å². The van der Waals surface area contributed by atoms with Gasteiger partial charge in [0.25, 0.3) is 5.91 Å². The molecule has 2 aliphatic rings. The predicted octanol–water partition coefficient (Wildman–Crippen LogP) is 1.69. The van der Waals surface area contributed by atoms with E-state index in [4.69, 9.17) is 4.74 Å². The molecule has 1 aliphatic carbocycles. The van der Waals surface area contributed by atoms with Crippen LogP contribution in [-0.4, -0.2) is 50.3 Å². The minimum absolute atomic E-state index is 0.0734. The van der Waals surface area contributed by atoms with Gasteiger partial charge in [0, 0.05) is 19.1 Å². The number of ether oxygens (including phenoxy) is 1. The van der Waals surface area contributed by atoms with Gasteiger partial charge in [-0.2, -0.15) is 4.31 Å². The summed E-state index contributed by atoms with van der Waals surface area (Å²) in [7, 11) is -3.60. The quantitative estimate of drug-likeness (QED) is 0.758. The molecule has 2 fully saturated rings. The summed E-state index contributed by atoms with van der Waals surface area (Å²) >= 11 is 0. The Kier molecular flexibility index (Phi) is 5.93. The molecule has 1 aliphatic heterocycles. The van der Waals surface area contributed by atoms with Crippen molar-refractivity contribution in [2.24, 2.45) is 0 Å². The second-order valence-corrected chi connectivity index (χ2v) is 8.70. The van der Waals surface area contributed by atoms with E-state index in [9.17, 15) is 18.0 Å². The molecule has 26 heavy (non-hydrogen) atoms. The van der Waals surface area contributed by atoms with E-state index in [1.54, 1.807) is 0 Å². The molecule has 0 spiro atoms. The van der Waals surface area contributed by atoms with Crippen LogP contribution in [-0.2, 0) is 19.6 Å². The molecular formula is C18H24N2O5S. The average molecular weight is 380 g/mol. The number of carbonyl (C=O) groups excluding carboxylic acids is 2. The highest BCUT2D eigenvalue weighted by atomic mass is 32.2. The lowest BCUT2D eigenvalue weighted by molar-refractivity contribution is -0.124. The van der Waals surface area contributed by atoms with E-state index in [1.807, 2.05) is 0 Å². The molecule has 7 nitrogen and oxygen atoms in total. The number of hydrogen-bond donors (Lipinski definition) is 1. The Bertz CT molecular complexity index is 766. The molecule has 8 heteroatoms. The maximum absolute atomic E-state index is 12.6. The molecule has 0 radical (unpaired) electrons. The van der Waals surface area contributed by atoms with Gasteiger partial charge in [0.15, 0.2) is 6.61 Å². The van der Waals surface area contributed by atoms with Gasteiger partial charge in [-0.1, -0.05) is 18.9 Å². The molecule has 1 heterocycles. The molecule has 0 unspecified atom stereocenters. The van der Waals surface area contributed by atoms with Crippen LogP contribution in [0, 0.1) is 0 Å². The maximum atomic E-state index is 12.6. The number of nitrogens with one attached hydrogen (secondary N) is 1. The summed E-state index contributed by atoms with van der Waals surface area (Å²) < 4.78 is 31.6. The van der Waals surface area contributed by atoms with E-state index in [-0.39, 0.29) is 29.0 Å². The molecule has 1 aromatic rings. The molecule has 1 amide bonds. The van der Waals surface area contributed by atoms with Crippen LogP contribution in [0.15, 0.2) is 29.2 Å². The van der Waals surface area contributed by atoms with Crippen LogP contribution >= 0.6 is 0 Å². The third-order valence-corrected chi connectivity index (χ3v) is 6.72. The van der Waals surface area contributed by atoms with Gasteiger partial charge >= 0.3 is 5.97 Å². The average Bonchev–Trinajstić information content (AvgIpc) is 3.34. The number of nitrogens with zero attached hydrogens (tertiary/aromatic N) is 1. The number of benzene rings is 1. The lowest BCUT2D eigenvalue weighted by atomic mass is 10.2. The highest BCUT2D eigenvalue weighted by molar-refractivity contribution is 7.89. The zero-order chi connectivity index (χ0) is 18.6. The fraction of sp³-hybridized carbons (Fsp3) is 0.556. The Morgan fingerprint density at radius 1 is 1.12 bits per heavy atom. The van der Waals surface area contributed by atoms with Gasteiger partial charge in [0.2, 0.25) is 10.0 Å². The Hall–Kier alpha value is -1.93. The Morgan fingerprint density at radius 2 is 1.81 bits per heavy atom. The molecule has 3 rings (SSSR count). The van der Waals surface area contributed by atoms with Crippen molar-refractivity contribution >= 4 is 21.9 Å². The first-order valence-electron chi connectivity index (χ1n) is 9.03. The minimum Gasteiger partial charge on any atom is -0.452 e. The van der Waals surface area contributed by atoms with Gasteiger partial charge in [0.05, 0.1) is 10.5 Å². The smallest absolute Gasteiger partial charge is 0.338 e. The van der Waals surface area contributed by atoms with Gasteiger partial charge in [-0.05, 0) is 43.9 Å². The Labute approximate surface area is 153 Å². The van der Waals surface area contributed by atoms with Crippen molar-refractivity contribution in [1.82, 2.24) is 9.62 Å². The molecule has 1 saturated heterocycles. The van der Waals surface area contributed by atoms with Crippen molar-refractivity contribution in [3.05, 3.63) is 29.8 Å². The normalized spacial score (nSPS) is 18.8. The van der Waals surface area contributed by atoms with E-state index in [0.717, 1.165) is 38.5 Å². The van der Waals surface area contributed by atoms with Gasteiger partial charge in [-0.15, -0.1) is 0 Å². The molecule has 0 aromatic heterocycles. The molecular weight excluding hydrogens is 356 g/mol. The van der Waals surface area contributed by atoms with Gasteiger partial charge in [0.1, 0.15) is 0 Å². The highest BCUT2D eigenvalue weighted by Gasteiger charge is 2.28. The molecule has 0 bridgehead atoms. The standard InChI is InChI=1S/C18H24N2O5S/c21-17(19-15-7-1-2-8-15)13-25-18(22)14-6-5-9-16(12-14)26(23,24)20-10-3-4-11-20/h5-6,9,12,15H,1-4,7-8,10-11,13H2,(H,19,21). The third-order valence-electron chi connectivity index (χ3n) is 4.83. The SMILES string of the molecule is O=C(COC(=O)c1cccc(S(=O)(=O)N2CCCC2)c1)NC1CCCC1. The summed E-state index contributed by atoms with van der Waals surface area (Å²) in [6, 6.07) is 5.94. The first-order valence-corrected chi connectivity index (χ1v) is 10.5. The largest absolute Gasteiger partial charge is 0.452 e. The van der Waals surface area contributed by atoms with Crippen molar-refractivity contribution in [2.45, 2.75) is 49.5 Å². The summed E-state index contributed by atoms with van der Waals surface area (Å²) in [5.74, 6) is -1.03. The number of sulfonamides is 1. The van der Waals surface area contributed by atoms with Gasteiger partial charge in [-0.25, -0.2) is 13.2 Å². The Balaban J connectivity index is 1.60. The second-order valence-electron chi connectivity index (χ2n) is 6.76. The zero-order valence-electron chi connectivity index (χ0n) is 14.6. The lowest BCUT2D eigenvalue weighted by Gasteiger charge is -2.16. The fourth-order valence-corrected chi connectivity index (χ4v) is 4.98. The molecule has 1 saturated carbocycles. The Morgan fingerprint density at radius 3 is 2.50 bits per heavy atom. The van der Waals surface area contributed by atoms with Crippen molar-refractivity contribution in [1.29, 1.82) is 0 Å². The van der Waals surface area contributed by atoms with E-state index < -0.39 is 16.0 Å². The molecule has 142 valence electrons. The van der Waals surface area contributed by atoms with E-state index in [2.05, 4.69) is 5.32 Å². The fourth-order valence-electron chi connectivity index (χ4n) is 3.41. The summed E-state index contributed by atoms with van der Waals surface area (Å²) in [5, 5.41) is 2.84. The predicted molar refractivity (Wildman–Crippen MR) is 95.1 cm³/mol. The monoisotopic (exact) mass is 380 g/mol. The second kappa shape index (κ2) is 8.18. The number of hydrogen-bond acceptors (Lipinski definition) is 5. The summed E-state index contributed by atoms with van der Waals surface area (Å²) in [5.41, 5.74) is 0.124. The summed E-state index contributed by atoms with van der Waals surface area (Å²) in [6.45, 7) is 0.634. The lowest BCUT2D eigenvalue weighted by Crippen LogP contribution is -2.35. The molecule has 0 atom stereocenters. The van der Waals surface area contributed by atoms with Gasteiger partial charge < -0.3 is 10.1 Å². The molecule has 1 N–H and O–H groups in total. The topological polar surface area (TPSA) is 92.8 Å². The number of amides is 1. The highest BCUT2D eigenvalue weighted by Crippen LogP contribution is 2.22. The third kappa shape index (κ3) is 4.42. The van der Waals surface area contributed by atoms with Crippen LogP contribution in [0.5, 0.6) is 0 Å². The number of carbonyl (C=O) groups is 2. The summed E-state index contributed by atoms with van der Waals surface area (Å²) in [6.07, 6.45) is 5.80. The van der Waals surface area contributed by atoms with E-state index in [0.29, 0.717) is 13.1 Å². The van der Waals surface area contributed by atoms with Crippen molar-refractivity contribution < 1.29 is 22.7 Å². The maximum Gasteiger partial charge on any atom is 0.338 e.